The Labute approximate surface area is 204 Å². The molecule has 0 fully saturated rings. The number of ether oxygens (including phenoxy) is 1. The SMILES string of the molecule is CC(C)OCCCNC(=O)c1ccc(CSc2nc3ccncc3n2Cc2ccccc2)cc1. The molecule has 176 valence electrons. The second-order valence-electron chi connectivity index (χ2n) is 8.35. The van der Waals surface area contributed by atoms with Crippen LogP contribution in [-0.2, 0) is 17.0 Å². The molecule has 0 aliphatic rings. The monoisotopic (exact) mass is 474 g/mol. The van der Waals surface area contributed by atoms with Crippen molar-refractivity contribution in [2.24, 2.45) is 0 Å². The molecule has 4 rings (SSSR count). The first-order valence-corrected chi connectivity index (χ1v) is 12.5. The molecular weight excluding hydrogens is 444 g/mol. The van der Waals surface area contributed by atoms with E-state index in [0.717, 1.165) is 40.5 Å². The third-order valence-corrected chi connectivity index (χ3v) is 6.39. The number of thioether (sulfide) groups is 1. The maximum absolute atomic E-state index is 12.4. The average molecular weight is 475 g/mol. The fourth-order valence-corrected chi connectivity index (χ4v) is 4.54. The maximum Gasteiger partial charge on any atom is 0.251 e. The van der Waals surface area contributed by atoms with Gasteiger partial charge in [-0.2, -0.15) is 0 Å². The van der Waals surface area contributed by atoms with Crippen molar-refractivity contribution in [2.45, 2.75) is 43.8 Å². The van der Waals surface area contributed by atoms with Crippen LogP contribution in [0.5, 0.6) is 0 Å². The highest BCUT2D eigenvalue weighted by Gasteiger charge is 2.13. The highest BCUT2D eigenvalue weighted by molar-refractivity contribution is 7.98. The first-order chi connectivity index (χ1) is 16.6. The lowest BCUT2D eigenvalue weighted by atomic mass is 10.1. The van der Waals surface area contributed by atoms with Crippen LogP contribution in [0.3, 0.4) is 0 Å². The van der Waals surface area contributed by atoms with Gasteiger partial charge in [0.15, 0.2) is 5.16 Å². The molecule has 0 unspecified atom stereocenters. The third kappa shape index (κ3) is 6.46. The molecule has 0 atom stereocenters. The number of benzene rings is 2. The summed E-state index contributed by atoms with van der Waals surface area (Å²) in [7, 11) is 0. The quantitative estimate of drug-likeness (QED) is 0.235. The number of pyridine rings is 1. The van der Waals surface area contributed by atoms with Gasteiger partial charge in [0.1, 0.15) is 0 Å². The van der Waals surface area contributed by atoms with E-state index < -0.39 is 0 Å². The van der Waals surface area contributed by atoms with Gasteiger partial charge in [0.25, 0.3) is 5.91 Å². The molecule has 7 heteroatoms. The van der Waals surface area contributed by atoms with Gasteiger partial charge in [0.05, 0.1) is 29.9 Å². The standard InChI is InChI=1S/C27H30N4O2S/c1-20(2)33-16-6-14-29-26(32)23-11-9-22(10-12-23)19-34-27-30-24-13-15-28-17-25(24)31(27)18-21-7-4-3-5-8-21/h3-5,7-13,15,17,20H,6,14,16,18-19H2,1-2H3,(H,29,32). The van der Waals surface area contributed by atoms with Crippen LogP contribution in [0.2, 0.25) is 0 Å². The minimum Gasteiger partial charge on any atom is -0.379 e. The Morgan fingerprint density at radius 1 is 1.06 bits per heavy atom. The Balaban J connectivity index is 1.37. The summed E-state index contributed by atoms with van der Waals surface area (Å²) < 4.78 is 7.72. The average Bonchev–Trinajstić information content (AvgIpc) is 3.20. The van der Waals surface area contributed by atoms with Crippen LogP contribution >= 0.6 is 11.8 Å². The summed E-state index contributed by atoms with van der Waals surface area (Å²) in [4.78, 5) is 21.5. The molecule has 0 bridgehead atoms. The minimum absolute atomic E-state index is 0.0547. The third-order valence-electron chi connectivity index (χ3n) is 5.34. The van der Waals surface area contributed by atoms with Crippen molar-refractivity contribution in [1.82, 2.24) is 19.9 Å². The topological polar surface area (TPSA) is 69.0 Å². The Bertz CT molecular complexity index is 1210. The van der Waals surface area contributed by atoms with Gasteiger partial charge in [-0.15, -0.1) is 0 Å². The zero-order valence-corrected chi connectivity index (χ0v) is 20.4. The summed E-state index contributed by atoms with van der Waals surface area (Å²) in [6.07, 6.45) is 4.67. The van der Waals surface area contributed by atoms with Crippen molar-refractivity contribution in [3.63, 3.8) is 0 Å². The van der Waals surface area contributed by atoms with Crippen LogP contribution in [-0.4, -0.2) is 39.7 Å². The van der Waals surface area contributed by atoms with E-state index in [1.807, 2.05) is 56.4 Å². The van der Waals surface area contributed by atoms with Crippen molar-refractivity contribution >= 4 is 28.7 Å². The molecule has 6 nitrogen and oxygen atoms in total. The second-order valence-corrected chi connectivity index (χ2v) is 9.29. The molecule has 0 aliphatic heterocycles. The molecule has 0 aliphatic carbocycles. The summed E-state index contributed by atoms with van der Waals surface area (Å²) >= 11 is 1.69. The van der Waals surface area contributed by atoms with E-state index in [9.17, 15) is 4.79 Å². The number of imidazole rings is 1. The van der Waals surface area contributed by atoms with E-state index in [1.54, 1.807) is 18.0 Å². The van der Waals surface area contributed by atoms with Gasteiger partial charge in [0.2, 0.25) is 0 Å². The van der Waals surface area contributed by atoms with E-state index in [0.29, 0.717) is 18.7 Å². The molecule has 1 N–H and O–H groups in total. The van der Waals surface area contributed by atoms with Gasteiger partial charge in [-0.25, -0.2) is 4.98 Å². The van der Waals surface area contributed by atoms with Crippen molar-refractivity contribution < 1.29 is 9.53 Å². The molecule has 0 saturated carbocycles. The van der Waals surface area contributed by atoms with E-state index in [-0.39, 0.29) is 12.0 Å². The zero-order valence-electron chi connectivity index (χ0n) is 19.6. The second kappa shape index (κ2) is 11.8. The number of amides is 1. The number of hydrogen-bond donors (Lipinski definition) is 1. The molecule has 4 aromatic rings. The minimum atomic E-state index is -0.0547. The number of aromatic nitrogens is 3. The van der Waals surface area contributed by atoms with Crippen LogP contribution < -0.4 is 5.32 Å². The van der Waals surface area contributed by atoms with Gasteiger partial charge in [-0.1, -0.05) is 54.2 Å². The van der Waals surface area contributed by atoms with Gasteiger partial charge >= 0.3 is 0 Å². The van der Waals surface area contributed by atoms with Crippen LogP contribution in [0.4, 0.5) is 0 Å². The molecule has 2 aromatic carbocycles. The van der Waals surface area contributed by atoms with Crippen LogP contribution in [0.1, 0.15) is 41.8 Å². The molecule has 0 saturated heterocycles. The fraction of sp³-hybridized carbons (Fsp3) is 0.296. The number of nitrogens with one attached hydrogen (secondary N) is 1. The number of nitrogens with zero attached hydrogens (tertiary/aromatic N) is 3. The molecule has 0 spiro atoms. The van der Waals surface area contributed by atoms with E-state index in [4.69, 9.17) is 9.72 Å². The lowest BCUT2D eigenvalue weighted by molar-refractivity contribution is 0.0757. The van der Waals surface area contributed by atoms with Gasteiger partial charge in [0, 0.05) is 30.7 Å². The predicted molar refractivity (Wildman–Crippen MR) is 137 cm³/mol. The summed E-state index contributed by atoms with van der Waals surface area (Å²) in [6.45, 7) is 6.02. The largest absolute Gasteiger partial charge is 0.379 e. The van der Waals surface area contributed by atoms with Gasteiger partial charge in [-0.3, -0.25) is 9.78 Å². The Morgan fingerprint density at radius 3 is 2.62 bits per heavy atom. The summed E-state index contributed by atoms with van der Waals surface area (Å²) in [5.41, 5.74) is 5.00. The highest BCUT2D eigenvalue weighted by Crippen LogP contribution is 2.27. The highest BCUT2D eigenvalue weighted by atomic mass is 32.2. The van der Waals surface area contributed by atoms with Gasteiger partial charge in [-0.05, 0) is 49.6 Å². The number of carbonyl (C=O) groups excluding carboxylic acids is 1. The van der Waals surface area contributed by atoms with Crippen LogP contribution in [0.15, 0.2) is 78.2 Å². The van der Waals surface area contributed by atoms with E-state index in [2.05, 4.69) is 39.1 Å². The molecule has 0 radical (unpaired) electrons. The lowest BCUT2D eigenvalue weighted by Gasteiger charge is -2.10. The summed E-state index contributed by atoms with van der Waals surface area (Å²) in [5.74, 6) is 0.709. The van der Waals surface area contributed by atoms with Crippen molar-refractivity contribution in [2.75, 3.05) is 13.2 Å². The molecular formula is C27H30N4O2S. The summed E-state index contributed by atoms with van der Waals surface area (Å²) in [5, 5.41) is 3.91. The number of hydrogen-bond acceptors (Lipinski definition) is 5. The van der Waals surface area contributed by atoms with Gasteiger partial charge < -0.3 is 14.6 Å². The van der Waals surface area contributed by atoms with Crippen LogP contribution in [0.25, 0.3) is 11.0 Å². The Kier molecular flexibility index (Phi) is 8.33. The lowest BCUT2D eigenvalue weighted by Crippen LogP contribution is -2.25. The smallest absolute Gasteiger partial charge is 0.251 e. The van der Waals surface area contributed by atoms with Crippen molar-refractivity contribution in [3.05, 3.63) is 89.7 Å². The van der Waals surface area contributed by atoms with E-state index >= 15 is 0 Å². The first-order valence-electron chi connectivity index (χ1n) is 11.6. The molecule has 2 heterocycles. The Hall–Kier alpha value is -3.16. The number of rotatable bonds is 11. The van der Waals surface area contributed by atoms with E-state index in [1.165, 1.54) is 5.56 Å². The van der Waals surface area contributed by atoms with Crippen molar-refractivity contribution in [3.8, 4) is 0 Å². The number of carbonyl (C=O) groups is 1. The summed E-state index contributed by atoms with van der Waals surface area (Å²) in [6, 6.07) is 20.1. The first kappa shape index (κ1) is 24.0. The fourth-order valence-electron chi connectivity index (χ4n) is 3.57. The van der Waals surface area contributed by atoms with Crippen LogP contribution in [0, 0.1) is 0 Å². The zero-order chi connectivity index (χ0) is 23.8. The molecule has 1 amide bonds. The maximum atomic E-state index is 12.4. The Morgan fingerprint density at radius 2 is 1.85 bits per heavy atom. The molecule has 2 aromatic heterocycles. The predicted octanol–water partition coefficient (Wildman–Crippen LogP) is 5.32. The van der Waals surface area contributed by atoms with Crippen molar-refractivity contribution in [1.29, 1.82) is 0 Å². The normalized spacial score (nSPS) is 11.3. The number of fused-ring (bicyclic) bond motifs is 1. The molecule has 34 heavy (non-hydrogen) atoms.